The van der Waals surface area contributed by atoms with Crippen molar-refractivity contribution in [2.45, 2.75) is 22.2 Å². The molecule has 1 unspecified atom stereocenters. The molecule has 19 heavy (non-hydrogen) atoms. The van der Waals surface area contributed by atoms with Crippen molar-refractivity contribution in [2.75, 3.05) is 0 Å². The Hall–Kier alpha value is -1.36. The highest BCUT2D eigenvalue weighted by molar-refractivity contribution is 8.01. The van der Waals surface area contributed by atoms with Crippen molar-refractivity contribution in [1.82, 2.24) is 4.98 Å². The summed E-state index contributed by atoms with van der Waals surface area (Å²) in [5.74, 6) is 0. The van der Waals surface area contributed by atoms with Gasteiger partial charge in [0.05, 0.1) is 10.2 Å². The number of rotatable bonds is 3. The van der Waals surface area contributed by atoms with E-state index in [1.165, 1.54) is 9.60 Å². The summed E-state index contributed by atoms with van der Waals surface area (Å²) in [6.45, 7) is 2.00. The van der Waals surface area contributed by atoms with E-state index in [2.05, 4.69) is 41.4 Å². The van der Waals surface area contributed by atoms with E-state index in [1.54, 1.807) is 23.1 Å². The zero-order valence-corrected chi connectivity index (χ0v) is 12.2. The van der Waals surface area contributed by atoms with Crippen LogP contribution >= 0.6 is 23.1 Å². The first kappa shape index (κ1) is 12.7. The summed E-state index contributed by atoms with van der Waals surface area (Å²) >= 11 is 3.43. The maximum atomic E-state index is 5.85. The highest BCUT2D eigenvalue weighted by Gasteiger charge is 2.05. The van der Waals surface area contributed by atoms with Gasteiger partial charge in [-0.05, 0) is 36.8 Å². The molecule has 0 aliphatic rings. The van der Waals surface area contributed by atoms with E-state index in [-0.39, 0.29) is 6.04 Å². The lowest BCUT2D eigenvalue weighted by Crippen LogP contribution is -2.04. The van der Waals surface area contributed by atoms with Crippen molar-refractivity contribution < 1.29 is 0 Å². The van der Waals surface area contributed by atoms with E-state index in [9.17, 15) is 0 Å². The van der Waals surface area contributed by atoms with Gasteiger partial charge < -0.3 is 5.73 Å². The summed E-state index contributed by atoms with van der Waals surface area (Å²) in [5, 5.41) is 0. The van der Waals surface area contributed by atoms with E-state index < -0.39 is 0 Å². The van der Waals surface area contributed by atoms with E-state index in [0.29, 0.717) is 0 Å². The molecule has 0 amide bonds. The fourth-order valence-corrected chi connectivity index (χ4v) is 3.87. The van der Waals surface area contributed by atoms with Gasteiger partial charge in [0.2, 0.25) is 0 Å². The lowest BCUT2D eigenvalue weighted by atomic mass is 10.1. The molecule has 0 saturated heterocycles. The van der Waals surface area contributed by atoms with Crippen LogP contribution in [-0.2, 0) is 0 Å². The Labute approximate surface area is 120 Å². The van der Waals surface area contributed by atoms with Crippen LogP contribution in [0.25, 0.3) is 10.2 Å². The molecule has 0 radical (unpaired) electrons. The minimum atomic E-state index is 0.0847. The molecule has 0 aliphatic carbocycles. The number of hydrogen-bond acceptors (Lipinski definition) is 4. The largest absolute Gasteiger partial charge is 0.324 e. The summed E-state index contributed by atoms with van der Waals surface area (Å²) in [6.07, 6.45) is 0. The molecule has 2 aromatic carbocycles. The zero-order valence-electron chi connectivity index (χ0n) is 10.5. The smallest absolute Gasteiger partial charge is 0.155 e. The number of para-hydroxylation sites is 1. The fraction of sp³-hybridized carbons (Fsp3) is 0.133. The van der Waals surface area contributed by atoms with Crippen LogP contribution in [0.15, 0.2) is 57.8 Å². The van der Waals surface area contributed by atoms with Gasteiger partial charge in [0, 0.05) is 10.9 Å². The second-order valence-electron chi connectivity index (χ2n) is 4.41. The van der Waals surface area contributed by atoms with Crippen LogP contribution in [0.1, 0.15) is 18.5 Å². The molecule has 3 rings (SSSR count). The molecule has 0 spiro atoms. The second-order valence-corrected chi connectivity index (χ2v) is 6.76. The summed E-state index contributed by atoms with van der Waals surface area (Å²) in [7, 11) is 0. The topological polar surface area (TPSA) is 38.9 Å². The normalized spacial score (nSPS) is 12.7. The molecule has 2 nitrogen and oxygen atoms in total. The van der Waals surface area contributed by atoms with Gasteiger partial charge in [0.15, 0.2) is 4.34 Å². The lowest BCUT2D eigenvalue weighted by molar-refractivity contribution is 0.817. The Bertz CT molecular complexity index is 654. The van der Waals surface area contributed by atoms with Crippen molar-refractivity contribution in [3.05, 3.63) is 54.1 Å². The Balaban J connectivity index is 1.84. The fourth-order valence-electron chi connectivity index (χ4n) is 1.83. The van der Waals surface area contributed by atoms with Gasteiger partial charge in [0.25, 0.3) is 0 Å². The molecule has 96 valence electrons. The SMILES string of the molecule is CC(N)c1ccc(Sc2nc3ccccc3s2)cc1. The minimum absolute atomic E-state index is 0.0847. The van der Waals surface area contributed by atoms with Crippen LogP contribution in [0.2, 0.25) is 0 Å². The lowest BCUT2D eigenvalue weighted by Gasteiger charge is -2.05. The van der Waals surface area contributed by atoms with E-state index in [4.69, 9.17) is 5.73 Å². The third kappa shape index (κ3) is 2.81. The van der Waals surface area contributed by atoms with Crippen LogP contribution in [0, 0.1) is 0 Å². The van der Waals surface area contributed by atoms with Crippen LogP contribution < -0.4 is 5.73 Å². The summed E-state index contributed by atoms with van der Waals surface area (Å²) in [4.78, 5) is 5.82. The highest BCUT2D eigenvalue weighted by Crippen LogP contribution is 2.34. The quantitative estimate of drug-likeness (QED) is 0.772. The van der Waals surface area contributed by atoms with Gasteiger partial charge in [-0.15, -0.1) is 11.3 Å². The Morgan fingerprint density at radius 3 is 2.53 bits per heavy atom. The van der Waals surface area contributed by atoms with E-state index >= 15 is 0 Å². The van der Waals surface area contributed by atoms with Gasteiger partial charge in [0.1, 0.15) is 0 Å². The third-order valence-electron chi connectivity index (χ3n) is 2.89. The molecule has 1 heterocycles. The van der Waals surface area contributed by atoms with Crippen molar-refractivity contribution >= 4 is 33.3 Å². The molecule has 0 bridgehead atoms. The Morgan fingerprint density at radius 1 is 1.11 bits per heavy atom. The maximum Gasteiger partial charge on any atom is 0.155 e. The molecule has 1 aromatic heterocycles. The number of benzene rings is 2. The molecular weight excluding hydrogens is 272 g/mol. The predicted octanol–water partition coefficient (Wildman–Crippen LogP) is 4.47. The van der Waals surface area contributed by atoms with Gasteiger partial charge in [-0.25, -0.2) is 4.98 Å². The number of nitrogens with zero attached hydrogens (tertiary/aromatic N) is 1. The Morgan fingerprint density at radius 2 is 1.84 bits per heavy atom. The van der Waals surface area contributed by atoms with Crippen molar-refractivity contribution in [3.63, 3.8) is 0 Å². The van der Waals surface area contributed by atoms with Gasteiger partial charge in [-0.1, -0.05) is 36.0 Å². The maximum absolute atomic E-state index is 5.85. The first-order valence-corrected chi connectivity index (χ1v) is 7.74. The monoisotopic (exact) mass is 286 g/mol. The number of aromatic nitrogens is 1. The van der Waals surface area contributed by atoms with Crippen LogP contribution in [0.4, 0.5) is 0 Å². The first-order chi connectivity index (χ1) is 9.22. The molecule has 4 heteroatoms. The minimum Gasteiger partial charge on any atom is -0.324 e. The average molecular weight is 286 g/mol. The van der Waals surface area contributed by atoms with Crippen LogP contribution in [0.3, 0.4) is 0 Å². The molecule has 0 fully saturated rings. The van der Waals surface area contributed by atoms with Crippen molar-refractivity contribution in [3.8, 4) is 0 Å². The number of fused-ring (bicyclic) bond motifs is 1. The molecule has 3 aromatic rings. The van der Waals surface area contributed by atoms with E-state index in [0.717, 1.165) is 15.4 Å². The Kier molecular flexibility index (Phi) is 3.55. The third-order valence-corrected chi connectivity index (χ3v) is 4.99. The van der Waals surface area contributed by atoms with Crippen LogP contribution in [-0.4, -0.2) is 4.98 Å². The molecule has 2 N–H and O–H groups in total. The summed E-state index contributed by atoms with van der Waals surface area (Å²) in [5.41, 5.74) is 8.08. The molecule has 1 atom stereocenters. The predicted molar refractivity (Wildman–Crippen MR) is 82.8 cm³/mol. The van der Waals surface area contributed by atoms with Gasteiger partial charge in [-0.3, -0.25) is 0 Å². The van der Waals surface area contributed by atoms with Gasteiger partial charge >= 0.3 is 0 Å². The molecule has 0 aliphatic heterocycles. The average Bonchev–Trinajstić information content (AvgIpc) is 2.81. The van der Waals surface area contributed by atoms with Gasteiger partial charge in [-0.2, -0.15) is 0 Å². The zero-order chi connectivity index (χ0) is 13.2. The first-order valence-electron chi connectivity index (χ1n) is 6.11. The number of thiazole rings is 1. The van der Waals surface area contributed by atoms with Crippen molar-refractivity contribution in [2.24, 2.45) is 5.73 Å². The number of hydrogen-bond donors (Lipinski definition) is 1. The van der Waals surface area contributed by atoms with Crippen molar-refractivity contribution in [1.29, 1.82) is 0 Å². The molecular formula is C15H14N2S2. The van der Waals surface area contributed by atoms with E-state index in [1.807, 2.05) is 19.1 Å². The van der Waals surface area contributed by atoms with Crippen LogP contribution in [0.5, 0.6) is 0 Å². The standard InChI is InChI=1S/C15H14N2S2/c1-10(16)11-6-8-12(9-7-11)18-15-17-13-4-2-3-5-14(13)19-15/h2-10H,16H2,1H3. The summed E-state index contributed by atoms with van der Waals surface area (Å²) in [6, 6.07) is 16.7. The second kappa shape index (κ2) is 5.33. The molecule has 0 saturated carbocycles. The highest BCUT2D eigenvalue weighted by atomic mass is 32.2. The number of nitrogens with two attached hydrogens (primary N) is 1. The summed E-state index contributed by atoms with van der Waals surface area (Å²) < 4.78 is 2.31.